The number of nitriles is 1. The standard InChI is InChI=1S/C20H19N3O4S/c21-11-12-22-19(24)18-13-17(28(26,27)16-9-5-2-6-10-16)14-23(18)20(25)15-7-3-1-4-8-15/h1-10,17-18H,12-14H2,(H,22,24)/t17-,18+/m1/s1. The molecule has 1 saturated heterocycles. The molecule has 0 aromatic heterocycles. The minimum Gasteiger partial charge on any atom is -0.341 e. The Hall–Kier alpha value is -3.18. The van der Waals surface area contributed by atoms with Gasteiger partial charge in [0.25, 0.3) is 5.91 Å². The van der Waals surface area contributed by atoms with E-state index in [-0.39, 0.29) is 24.4 Å². The van der Waals surface area contributed by atoms with Crippen molar-refractivity contribution in [1.82, 2.24) is 10.2 Å². The first-order chi connectivity index (χ1) is 13.4. The highest BCUT2D eigenvalue weighted by molar-refractivity contribution is 7.92. The summed E-state index contributed by atoms with van der Waals surface area (Å²) in [5.41, 5.74) is 0.373. The first-order valence-electron chi connectivity index (χ1n) is 8.74. The Morgan fingerprint density at radius 2 is 1.68 bits per heavy atom. The van der Waals surface area contributed by atoms with Crippen LogP contribution >= 0.6 is 0 Å². The van der Waals surface area contributed by atoms with Crippen LogP contribution in [0.25, 0.3) is 0 Å². The van der Waals surface area contributed by atoms with Gasteiger partial charge < -0.3 is 10.2 Å². The van der Waals surface area contributed by atoms with Crippen molar-refractivity contribution in [2.75, 3.05) is 13.1 Å². The summed E-state index contributed by atoms with van der Waals surface area (Å²) in [6.07, 6.45) is -0.0208. The molecule has 1 heterocycles. The van der Waals surface area contributed by atoms with Crippen molar-refractivity contribution < 1.29 is 18.0 Å². The normalized spacial score (nSPS) is 19.0. The molecule has 7 nitrogen and oxygen atoms in total. The van der Waals surface area contributed by atoms with Crippen LogP contribution in [0, 0.1) is 11.3 Å². The number of hydrogen-bond donors (Lipinski definition) is 1. The van der Waals surface area contributed by atoms with Gasteiger partial charge in [-0.05, 0) is 30.7 Å². The molecule has 2 amide bonds. The quantitative estimate of drug-likeness (QED) is 0.767. The van der Waals surface area contributed by atoms with Crippen molar-refractivity contribution in [3.8, 4) is 6.07 Å². The van der Waals surface area contributed by atoms with Gasteiger partial charge in [0.2, 0.25) is 5.91 Å². The molecule has 0 spiro atoms. The largest absolute Gasteiger partial charge is 0.341 e. The van der Waals surface area contributed by atoms with Gasteiger partial charge in [-0.3, -0.25) is 9.59 Å². The van der Waals surface area contributed by atoms with Crippen LogP contribution in [0.2, 0.25) is 0 Å². The Morgan fingerprint density at radius 3 is 2.29 bits per heavy atom. The smallest absolute Gasteiger partial charge is 0.254 e. The van der Waals surface area contributed by atoms with E-state index in [0.717, 1.165) is 0 Å². The lowest BCUT2D eigenvalue weighted by Gasteiger charge is -2.23. The lowest BCUT2D eigenvalue weighted by molar-refractivity contribution is -0.124. The van der Waals surface area contributed by atoms with Crippen molar-refractivity contribution >= 4 is 21.7 Å². The Balaban J connectivity index is 1.91. The molecule has 1 aliphatic heterocycles. The van der Waals surface area contributed by atoms with E-state index in [2.05, 4.69) is 5.32 Å². The summed E-state index contributed by atoms with van der Waals surface area (Å²) in [4.78, 5) is 26.9. The van der Waals surface area contributed by atoms with E-state index in [1.165, 1.54) is 17.0 Å². The van der Waals surface area contributed by atoms with Gasteiger partial charge in [0.05, 0.1) is 16.2 Å². The third-order valence-corrected chi connectivity index (χ3v) is 6.85. The topological polar surface area (TPSA) is 107 Å². The molecule has 0 bridgehead atoms. The minimum atomic E-state index is -3.71. The van der Waals surface area contributed by atoms with Crippen molar-refractivity contribution in [1.29, 1.82) is 5.26 Å². The molecule has 0 unspecified atom stereocenters. The highest BCUT2D eigenvalue weighted by atomic mass is 32.2. The molecule has 144 valence electrons. The number of nitrogens with zero attached hydrogens (tertiary/aromatic N) is 2. The third kappa shape index (κ3) is 3.89. The fraction of sp³-hybridized carbons (Fsp3) is 0.250. The van der Waals surface area contributed by atoms with Crippen LogP contribution < -0.4 is 5.32 Å². The number of sulfone groups is 1. The zero-order chi connectivity index (χ0) is 20.1. The van der Waals surface area contributed by atoms with E-state index in [0.29, 0.717) is 5.56 Å². The minimum absolute atomic E-state index is 0.0208. The lowest BCUT2D eigenvalue weighted by atomic mass is 10.1. The molecule has 2 aromatic rings. The molecular formula is C20H19N3O4S. The maximum atomic E-state index is 13.0. The molecule has 0 saturated carbocycles. The van der Waals surface area contributed by atoms with Crippen LogP contribution in [0.15, 0.2) is 65.6 Å². The van der Waals surface area contributed by atoms with E-state index in [4.69, 9.17) is 5.26 Å². The van der Waals surface area contributed by atoms with Crippen LogP contribution in [0.5, 0.6) is 0 Å². The van der Waals surface area contributed by atoms with E-state index in [9.17, 15) is 18.0 Å². The number of nitrogens with one attached hydrogen (secondary N) is 1. The molecule has 1 aliphatic rings. The first-order valence-corrected chi connectivity index (χ1v) is 10.3. The second-order valence-corrected chi connectivity index (χ2v) is 8.66. The number of benzene rings is 2. The fourth-order valence-corrected chi connectivity index (χ4v) is 5.00. The Morgan fingerprint density at radius 1 is 1.07 bits per heavy atom. The second kappa shape index (κ2) is 8.23. The second-order valence-electron chi connectivity index (χ2n) is 6.43. The lowest BCUT2D eigenvalue weighted by Crippen LogP contribution is -2.46. The van der Waals surface area contributed by atoms with Gasteiger partial charge in [-0.1, -0.05) is 36.4 Å². The number of likely N-dealkylation sites (tertiary alicyclic amines) is 1. The summed E-state index contributed by atoms with van der Waals surface area (Å²) in [5, 5.41) is 10.2. The van der Waals surface area contributed by atoms with Gasteiger partial charge in [0.15, 0.2) is 9.84 Å². The van der Waals surface area contributed by atoms with Gasteiger partial charge in [-0.15, -0.1) is 0 Å². The summed E-state index contributed by atoms with van der Waals surface area (Å²) in [7, 11) is -3.71. The van der Waals surface area contributed by atoms with Gasteiger partial charge in [0.1, 0.15) is 12.6 Å². The van der Waals surface area contributed by atoms with Gasteiger partial charge in [0, 0.05) is 12.1 Å². The predicted octanol–water partition coefficient (Wildman–Crippen LogP) is 1.38. The van der Waals surface area contributed by atoms with E-state index in [1.54, 1.807) is 48.5 Å². The molecule has 28 heavy (non-hydrogen) atoms. The molecule has 1 N–H and O–H groups in total. The van der Waals surface area contributed by atoms with Gasteiger partial charge in [-0.2, -0.15) is 5.26 Å². The number of rotatable bonds is 5. The highest BCUT2D eigenvalue weighted by Crippen LogP contribution is 2.29. The number of carbonyl (C=O) groups excluding carboxylic acids is 2. The van der Waals surface area contributed by atoms with Crippen LogP contribution in [-0.2, 0) is 14.6 Å². The zero-order valence-electron chi connectivity index (χ0n) is 15.0. The molecule has 0 aliphatic carbocycles. The van der Waals surface area contributed by atoms with Crippen LogP contribution in [0.4, 0.5) is 0 Å². The number of amides is 2. The number of hydrogen-bond acceptors (Lipinski definition) is 5. The Kier molecular flexibility index (Phi) is 5.76. The third-order valence-electron chi connectivity index (χ3n) is 4.70. The molecular weight excluding hydrogens is 378 g/mol. The molecule has 1 fully saturated rings. The van der Waals surface area contributed by atoms with Gasteiger partial charge >= 0.3 is 0 Å². The Labute approximate surface area is 163 Å². The average Bonchev–Trinajstić information content (AvgIpc) is 3.19. The van der Waals surface area contributed by atoms with Crippen molar-refractivity contribution in [3.05, 3.63) is 66.2 Å². The summed E-state index contributed by atoms with van der Waals surface area (Å²) in [5.74, 6) is -0.944. The van der Waals surface area contributed by atoms with Crippen molar-refractivity contribution in [2.24, 2.45) is 0 Å². The highest BCUT2D eigenvalue weighted by Gasteiger charge is 2.45. The fourth-order valence-electron chi connectivity index (χ4n) is 3.29. The molecule has 8 heteroatoms. The molecule has 2 atom stereocenters. The molecule has 2 aromatic carbocycles. The first kappa shape index (κ1) is 19.6. The zero-order valence-corrected chi connectivity index (χ0v) is 15.8. The predicted molar refractivity (Wildman–Crippen MR) is 102 cm³/mol. The Bertz CT molecular complexity index is 1000. The molecule has 0 radical (unpaired) electrons. The number of carbonyl (C=O) groups is 2. The van der Waals surface area contributed by atoms with Crippen LogP contribution in [0.1, 0.15) is 16.8 Å². The van der Waals surface area contributed by atoms with Gasteiger partial charge in [-0.25, -0.2) is 8.42 Å². The summed E-state index contributed by atoms with van der Waals surface area (Å²) in [6, 6.07) is 17.2. The van der Waals surface area contributed by atoms with E-state index >= 15 is 0 Å². The summed E-state index contributed by atoms with van der Waals surface area (Å²) in [6.45, 7) is -0.297. The summed E-state index contributed by atoms with van der Waals surface area (Å²) < 4.78 is 26.0. The summed E-state index contributed by atoms with van der Waals surface area (Å²) >= 11 is 0. The monoisotopic (exact) mass is 397 g/mol. The average molecular weight is 397 g/mol. The van der Waals surface area contributed by atoms with E-state index < -0.39 is 32.9 Å². The van der Waals surface area contributed by atoms with Crippen molar-refractivity contribution in [3.63, 3.8) is 0 Å². The maximum absolute atomic E-state index is 13.0. The van der Waals surface area contributed by atoms with Crippen molar-refractivity contribution in [2.45, 2.75) is 22.6 Å². The molecule has 3 rings (SSSR count). The SMILES string of the molecule is N#CCNC(=O)[C@@H]1C[C@@H](S(=O)(=O)c2ccccc2)CN1C(=O)c1ccccc1. The van der Waals surface area contributed by atoms with E-state index in [1.807, 2.05) is 6.07 Å². The van der Waals surface area contributed by atoms with Crippen LogP contribution in [-0.4, -0.2) is 49.5 Å². The maximum Gasteiger partial charge on any atom is 0.254 e. The van der Waals surface area contributed by atoms with Crippen LogP contribution in [0.3, 0.4) is 0 Å².